The normalized spacial score (nSPS) is 14.5. The van der Waals surface area contributed by atoms with Gasteiger partial charge in [0.05, 0.1) is 0 Å². The molecule has 0 aliphatic heterocycles. The second-order valence-electron chi connectivity index (χ2n) is 6.78. The minimum atomic E-state index is -3.07. The molecule has 1 aromatic rings. The van der Waals surface area contributed by atoms with Gasteiger partial charge in [-0.2, -0.15) is 0 Å². The highest BCUT2D eigenvalue weighted by molar-refractivity contribution is 7.66. The van der Waals surface area contributed by atoms with Gasteiger partial charge in [0.1, 0.15) is 0 Å². The van der Waals surface area contributed by atoms with Crippen LogP contribution in [0.3, 0.4) is 0 Å². The van der Waals surface area contributed by atoms with Crippen LogP contribution >= 0.6 is 66.5 Å². The maximum Gasteiger partial charge on any atom is 0.347 e. The van der Waals surface area contributed by atoms with Crippen LogP contribution in [0.4, 0.5) is 0 Å². The third kappa shape index (κ3) is 4.32. The van der Waals surface area contributed by atoms with Crippen LogP contribution in [0.15, 0.2) is 24.3 Å². The predicted octanol–water partition coefficient (Wildman–Crippen LogP) is 7.95. The minimum absolute atomic E-state index is 0.168. The lowest BCUT2D eigenvalue weighted by Gasteiger charge is -2.49. The lowest BCUT2D eigenvalue weighted by Crippen LogP contribution is -2.44. The summed E-state index contributed by atoms with van der Waals surface area (Å²) in [6.07, 6.45) is 0. The number of hydrogen-bond acceptors (Lipinski definition) is 0. The quantitative estimate of drug-likeness (QED) is 0.311. The van der Waals surface area contributed by atoms with Crippen LogP contribution in [0.1, 0.15) is 44.7 Å². The molecular formula is C14H20Cl6Si2. The number of hydrogen-bond donors (Lipinski definition) is 0. The van der Waals surface area contributed by atoms with Crippen molar-refractivity contribution >= 4 is 78.5 Å². The maximum absolute atomic E-state index is 6.41. The van der Waals surface area contributed by atoms with Gasteiger partial charge in [0.2, 0.25) is 0 Å². The van der Waals surface area contributed by atoms with E-state index in [9.17, 15) is 0 Å². The highest BCUT2D eigenvalue weighted by Crippen LogP contribution is 2.67. The third-order valence-corrected chi connectivity index (χ3v) is 16.6. The van der Waals surface area contributed by atoms with Gasteiger partial charge in [-0.3, -0.25) is 0 Å². The fourth-order valence-electron chi connectivity index (χ4n) is 2.82. The minimum Gasteiger partial charge on any atom is -0.125 e. The molecule has 0 atom stereocenters. The molecule has 0 aliphatic carbocycles. The zero-order valence-corrected chi connectivity index (χ0v) is 19.7. The van der Waals surface area contributed by atoms with Gasteiger partial charge < -0.3 is 0 Å². The summed E-state index contributed by atoms with van der Waals surface area (Å²) in [5.41, 5.74) is 2.20. The summed E-state index contributed by atoms with van der Waals surface area (Å²) < 4.78 is 0. The second kappa shape index (κ2) is 6.95. The number of aryl methyl sites for hydroxylation is 1. The molecule has 0 fully saturated rings. The highest BCUT2D eigenvalue weighted by atomic mass is 35.8. The zero-order chi connectivity index (χ0) is 17.6. The molecule has 8 heteroatoms. The van der Waals surface area contributed by atoms with Crippen molar-refractivity contribution in [1.82, 2.24) is 0 Å². The van der Waals surface area contributed by atoms with E-state index in [2.05, 4.69) is 0 Å². The zero-order valence-electron chi connectivity index (χ0n) is 13.2. The van der Waals surface area contributed by atoms with Crippen molar-refractivity contribution in [1.29, 1.82) is 0 Å². The fraction of sp³-hybridized carbons (Fsp3) is 0.571. The number of halogens is 6. The summed E-state index contributed by atoms with van der Waals surface area (Å²) in [6, 6.07) is 2.01. The first-order chi connectivity index (χ1) is 9.62. The largest absolute Gasteiger partial charge is 0.347 e. The molecular weight excluding hydrogens is 437 g/mol. The molecule has 0 heterocycles. The van der Waals surface area contributed by atoms with Gasteiger partial charge in [-0.05, 0) is 18.4 Å². The molecule has 0 amide bonds. The van der Waals surface area contributed by atoms with Crippen LogP contribution in [0.5, 0.6) is 0 Å². The van der Waals surface area contributed by atoms with Crippen molar-refractivity contribution in [2.24, 2.45) is 0 Å². The van der Waals surface area contributed by atoms with Gasteiger partial charge >= 0.3 is 12.0 Å². The lowest BCUT2D eigenvalue weighted by atomic mass is 9.78. The van der Waals surface area contributed by atoms with Crippen LogP contribution in [-0.4, -0.2) is 12.0 Å². The summed E-state index contributed by atoms with van der Waals surface area (Å²) in [6.45, 7) is 9.88. The van der Waals surface area contributed by atoms with Crippen molar-refractivity contribution in [2.45, 2.75) is 50.6 Å². The van der Waals surface area contributed by atoms with Crippen LogP contribution in [0, 0.1) is 6.92 Å². The Hall–Kier alpha value is 1.39. The molecule has 0 bridgehead atoms. The summed E-state index contributed by atoms with van der Waals surface area (Å²) in [4.78, 5) is 0. The Kier molecular flexibility index (Phi) is 6.78. The standard InChI is InChI=1S/C14H20Cl6Si2/c1-10-6-8-11(9-7-10)12(13(2,3)21(15,16)17)14(4,5)22(18,19)20/h6-9,12H,1-5H3. The molecule has 0 unspecified atom stereocenters. The molecule has 0 N–H and O–H groups in total. The molecule has 0 aromatic heterocycles. The Balaban J connectivity index is 3.57. The van der Waals surface area contributed by atoms with Gasteiger partial charge in [-0.15, -0.1) is 66.5 Å². The van der Waals surface area contributed by atoms with Crippen LogP contribution in [-0.2, 0) is 0 Å². The van der Waals surface area contributed by atoms with Crippen LogP contribution in [0.2, 0.25) is 10.1 Å². The summed E-state index contributed by atoms with van der Waals surface area (Å²) in [7, 11) is 0. The Morgan fingerprint density at radius 2 is 1.05 bits per heavy atom. The third-order valence-electron chi connectivity index (χ3n) is 4.32. The van der Waals surface area contributed by atoms with Gasteiger partial charge in [0.25, 0.3) is 0 Å². The van der Waals surface area contributed by atoms with E-state index in [1.54, 1.807) is 0 Å². The molecule has 0 nitrogen and oxygen atoms in total. The van der Waals surface area contributed by atoms with Gasteiger partial charge in [-0.25, -0.2) is 0 Å². The van der Waals surface area contributed by atoms with E-state index < -0.39 is 22.1 Å². The Morgan fingerprint density at radius 3 is 1.32 bits per heavy atom. The molecule has 126 valence electrons. The van der Waals surface area contributed by atoms with E-state index in [1.165, 1.54) is 0 Å². The van der Waals surface area contributed by atoms with Gasteiger partial charge in [0, 0.05) is 10.1 Å². The molecule has 0 saturated heterocycles. The molecule has 0 radical (unpaired) electrons. The fourth-order valence-corrected chi connectivity index (χ4v) is 6.64. The number of benzene rings is 1. The summed E-state index contributed by atoms with van der Waals surface area (Å²) in [5, 5.41) is -1.18. The highest BCUT2D eigenvalue weighted by Gasteiger charge is 2.60. The van der Waals surface area contributed by atoms with E-state index in [1.807, 2.05) is 58.9 Å². The Bertz CT molecular complexity index is 488. The van der Waals surface area contributed by atoms with E-state index in [4.69, 9.17) is 66.5 Å². The molecule has 1 rings (SSSR count). The van der Waals surface area contributed by atoms with Crippen molar-refractivity contribution < 1.29 is 0 Å². The van der Waals surface area contributed by atoms with Gasteiger partial charge in [-0.1, -0.05) is 57.5 Å². The summed E-state index contributed by atoms with van der Waals surface area (Å²) >= 11 is 38.5. The van der Waals surface area contributed by atoms with Crippen molar-refractivity contribution in [3.63, 3.8) is 0 Å². The monoisotopic (exact) mass is 454 g/mol. The average molecular weight is 457 g/mol. The van der Waals surface area contributed by atoms with Gasteiger partial charge in [0.15, 0.2) is 0 Å². The maximum atomic E-state index is 6.41. The van der Waals surface area contributed by atoms with Crippen molar-refractivity contribution in [3.05, 3.63) is 35.4 Å². The molecule has 22 heavy (non-hydrogen) atoms. The lowest BCUT2D eigenvalue weighted by molar-refractivity contribution is 0.411. The Morgan fingerprint density at radius 1 is 0.727 bits per heavy atom. The average Bonchev–Trinajstić information content (AvgIpc) is 2.28. The van der Waals surface area contributed by atoms with Crippen molar-refractivity contribution in [3.8, 4) is 0 Å². The summed E-state index contributed by atoms with van der Waals surface area (Å²) in [5.74, 6) is -0.168. The SMILES string of the molecule is Cc1ccc(C(C(C)(C)[Si](Cl)(Cl)Cl)C(C)(C)[Si](Cl)(Cl)Cl)cc1. The molecule has 0 saturated carbocycles. The van der Waals surface area contributed by atoms with E-state index >= 15 is 0 Å². The van der Waals surface area contributed by atoms with Crippen molar-refractivity contribution in [2.75, 3.05) is 0 Å². The molecule has 1 aromatic carbocycles. The molecule has 0 spiro atoms. The number of rotatable bonds is 5. The smallest absolute Gasteiger partial charge is 0.125 e. The molecule has 0 aliphatic rings. The first kappa shape index (κ1) is 21.4. The van der Waals surface area contributed by atoms with Crippen LogP contribution in [0.25, 0.3) is 0 Å². The van der Waals surface area contributed by atoms with Crippen LogP contribution < -0.4 is 0 Å². The first-order valence-corrected chi connectivity index (χ1v) is 16.9. The second-order valence-corrected chi connectivity index (χ2v) is 25.0. The van der Waals surface area contributed by atoms with E-state index in [0.717, 1.165) is 11.1 Å². The topological polar surface area (TPSA) is 0 Å². The Labute approximate surface area is 163 Å². The van der Waals surface area contributed by atoms with E-state index in [-0.39, 0.29) is 5.92 Å². The first-order valence-electron chi connectivity index (χ1n) is 6.82. The predicted molar refractivity (Wildman–Crippen MR) is 109 cm³/mol. The van der Waals surface area contributed by atoms with E-state index in [0.29, 0.717) is 0 Å².